The summed E-state index contributed by atoms with van der Waals surface area (Å²) in [5, 5.41) is 0. The molecule has 0 saturated carbocycles. The summed E-state index contributed by atoms with van der Waals surface area (Å²) in [5.74, 6) is -0.829. The molecule has 0 aromatic heterocycles. The summed E-state index contributed by atoms with van der Waals surface area (Å²) in [6, 6.07) is 17.3. The topological polar surface area (TPSA) is 21.7 Å². The molecule has 138 valence electrons. The van der Waals surface area contributed by atoms with Gasteiger partial charge in [-0.05, 0) is 56.0 Å². The van der Waals surface area contributed by atoms with Crippen molar-refractivity contribution in [3.8, 4) is 0 Å². The van der Waals surface area contributed by atoms with Gasteiger partial charge in [-0.3, -0.25) is 0 Å². The molecule has 2 aromatic carbocycles. The number of allylic oxidation sites excluding steroid dienone is 2. The van der Waals surface area contributed by atoms with E-state index in [1.807, 2.05) is 0 Å². The zero-order valence-corrected chi connectivity index (χ0v) is 16.1. The lowest BCUT2D eigenvalue weighted by molar-refractivity contribution is -0.375. The van der Waals surface area contributed by atoms with E-state index in [0.717, 1.165) is 12.0 Å². The van der Waals surface area contributed by atoms with Crippen LogP contribution in [0.2, 0.25) is 0 Å². The molecule has 3 aliphatic heterocycles. The van der Waals surface area contributed by atoms with Crippen molar-refractivity contribution < 1.29 is 9.47 Å². The molecule has 3 atom stereocenters. The summed E-state index contributed by atoms with van der Waals surface area (Å²) in [6.07, 6.45) is 7.86. The molecule has 5 rings (SSSR count). The van der Waals surface area contributed by atoms with Gasteiger partial charge in [-0.1, -0.05) is 54.1 Å². The molecule has 0 aliphatic carbocycles. The minimum Gasteiger partial charge on any atom is -0.326 e. The molecule has 1 spiro atoms. The Labute approximate surface area is 160 Å². The molecule has 27 heavy (non-hydrogen) atoms. The van der Waals surface area contributed by atoms with Crippen molar-refractivity contribution in [3.05, 3.63) is 89.1 Å². The van der Waals surface area contributed by atoms with Crippen LogP contribution in [0.15, 0.2) is 66.9 Å². The summed E-state index contributed by atoms with van der Waals surface area (Å²) in [4.78, 5) is 2.24. The average Bonchev–Trinajstić information content (AvgIpc) is 2.91. The molecule has 3 heterocycles. The molecule has 0 radical (unpaired) electrons. The molecule has 3 nitrogen and oxygen atoms in total. The monoisotopic (exact) mass is 359 g/mol. The van der Waals surface area contributed by atoms with Gasteiger partial charge in [0.2, 0.25) is 0 Å². The van der Waals surface area contributed by atoms with Crippen LogP contribution in [0.4, 0.5) is 0 Å². The Bertz CT molecular complexity index is 918. The van der Waals surface area contributed by atoms with Crippen LogP contribution < -0.4 is 0 Å². The average molecular weight is 359 g/mol. The van der Waals surface area contributed by atoms with E-state index in [1.165, 1.54) is 22.3 Å². The van der Waals surface area contributed by atoms with Gasteiger partial charge in [0.15, 0.2) is 0 Å². The molecule has 2 aromatic rings. The van der Waals surface area contributed by atoms with Crippen LogP contribution in [0.3, 0.4) is 0 Å². The predicted octanol–water partition coefficient (Wildman–Crippen LogP) is 5.29. The highest BCUT2D eigenvalue weighted by Crippen LogP contribution is 2.53. The van der Waals surface area contributed by atoms with E-state index in [4.69, 9.17) is 9.47 Å². The normalized spacial score (nSPS) is 31.6. The summed E-state index contributed by atoms with van der Waals surface area (Å²) in [6.45, 7) is 6.39. The predicted molar refractivity (Wildman–Crippen MR) is 107 cm³/mol. The highest BCUT2D eigenvalue weighted by Gasteiger charge is 2.55. The lowest BCUT2D eigenvalue weighted by Crippen LogP contribution is -2.52. The first kappa shape index (κ1) is 16.8. The molecule has 0 N–H and O–H groups in total. The van der Waals surface area contributed by atoms with E-state index < -0.39 is 5.91 Å². The lowest BCUT2D eigenvalue weighted by Gasteiger charge is -2.47. The molecular weight excluding hydrogens is 334 g/mol. The SMILES string of the molecule is Cc1ccc(C2=CC3c4ccccc4C4(OC(C)CC(C)O4)N3C=C2)cc1. The van der Waals surface area contributed by atoms with E-state index in [1.54, 1.807) is 0 Å². The molecule has 1 saturated heterocycles. The van der Waals surface area contributed by atoms with Crippen molar-refractivity contribution in [2.24, 2.45) is 0 Å². The number of aryl methyl sites for hydroxylation is 1. The van der Waals surface area contributed by atoms with Gasteiger partial charge < -0.3 is 14.4 Å². The zero-order valence-electron chi connectivity index (χ0n) is 16.1. The van der Waals surface area contributed by atoms with Crippen molar-refractivity contribution >= 4 is 5.57 Å². The third kappa shape index (κ3) is 2.57. The standard InChI is InChI=1S/C24H25NO2/c1-16-8-10-19(11-9-16)20-12-13-25-23(15-20)21-6-4-5-7-22(21)24(25)26-17(2)14-18(3)27-24/h4-13,15,17-18,23H,14H2,1-3H3. The first-order valence-electron chi connectivity index (χ1n) is 9.77. The maximum atomic E-state index is 6.48. The van der Waals surface area contributed by atoms with Gasteiger partial charge >= 0.3 is 0 Å². The first-order chi connectivity index (χ1) is 13.1. The molecule has 0 bridgehead atoms. The Morgan fingerprint density at radius 2 is 1.67 bits per heavy atom. The van der Waals surface area contributed by atoms with E-state index in [2.05, 4.69) is 92.6 Å². The smallest absolute Gasteiger partial charge is 0.281 e. The van der Waals surface area contributed by atoms with Gasteiger partial charge in [-0.15, -0.1) is 0 Å². The second kappa shape index (κ2) is 6.08. The van der Waals surface area contributed by atoms with Crippen LogP contribution in [0.5, 0.6) is 0 Å². The summed E-state index contributed by atoms with van der Waals surface area (Å²) in [5.41, 5.74) is 6.13. The quantitative estimate of drug-likeness (QED) is 0.691. The van der Waals surface area contributed by atoms with E-state index in [0.29, 0.717) is 0 Å². The van der Waals surface area contributed by atoms with Crippen LogP contribution in [0, 0.1) is 6.92 Å². The van der Waals surface area contributed by atoms with Crippen LogP contribution in [-0.4, -0.2) is 17.1 Å². The van der Waals surface area contributed by atoms with E-state index in [9.17, 15) is 0 Å². The number of rotatable bonds is 1. The maximum absolute atomic E-state index is 6.48. The number of hydrogen-bond acceptors (Lipinski definition) is 3. The number of nitrogens with zero attached hydrogens (tertiary/aromatic N) is 1. The largest absolute Gasteiger partial charge is 0.326 e. The summed E-state index contributed by atoms with van der Waals surface area (Å²) < 4.78 is 13.0. The van der Waals surface area contributed by atoms with Crippen LogP contribution >= 0.6 is 0 Å². The fraction of sp³-hybridized carbons (Fsp3) is 0.333. The van der Waals surface area contributed by atoms with Crippen molar-refractivity contribution in [1.82, 2.24) is 4.90 Å². The summed E-state index contributed by atoms with van der Waals surface area (Å²) >= 11 is 0. The second-order valence-corrected chi connectivity index (χ2v) is 7.92. The number of ether oxygens (including phenoxy) is 2. The lowest BCUT2D eigenvalue weighted by atomic mass is 9.96. The molecule has 3 heteroatoms. The van der Waals surface area contributed by atoms with E-state index >= 15 is 0 Å². The Morgan fingerprint density at radius 3 is 2.41 bits per heavy atom. The van der Waals surface area contributed by atoms with Crippen molar-refractivity contribution in [3.63, 3.8) is 0 Å². The highest BCUT2D eigenvalue weighted by atomic mass is 16.7. The second-order valence-electron chi connectivity index (χ2n) is 7.92. The van der Waals surface area contributed by atoms with Crippen molar-refractivity contribution in [2.75, 3.05) is 0 Å². The number of benzene rings is 2. The first-order valence-corrected chi connectivity index (χ1v) is 9.77. The van der Waals surface area contributed by atoms with Gasteiger partial charge in [-0.2, -0.15) is 0 Å². The highest BCUT2D eigenvalue weighted by molar-refractivity contribution is 5.76. The van der Waals surface area contributed by atoms with Gasteiger partial charge in [0.05, 0.1) is 18.2 Å². The third-order valence-electron chi connectivity index (χ3n) is 5.78. The summed E-state index contributed by atoms with van der Waals surface area (Å²) in [7, 11) is 0. The minimum absolute atomic E-state index is 0.111. The Balaban J connectivity index is 1.61. The number of hydrogen-bond donors (Lipinski definition) is 0. The van der Waals surface area contributed by atoms with Crippen LogP contribution in [-0.2, 0) is 15.4 Å². The minimum atomic E-state index is -0.829. The maximum Gasteiger partial charge on any atom is 0.281 e. The van der Waals surface area contributed by atoms with Gasteiger partial charge in [0.25, 0.3) is 5.91 Å². The molecule has 0 amide bonds. The molecular formula is C24H25NO2. The van der Waals surface area contributed by atoms with Gasteiger partial charge in [-0.25, -0.2) is 0 Å². The fourth-order valence-electron chi connectivity index (χ4n) is 4.59. The van der Waals surface area contributed by atoms with Gasteiger partial charge in [0.1, 0.15) is 0 Å². The molecule has 3 unspecified atom stereocenters. The zero-order chi connectivity index (χ0) is 18.6. The van der Waals surface area contributed by atoms with Gasteiger partial charge in [0, 0.05) is 11.8 Å². The Morgan fingerprint density at radius 1 is 0.963 bits per heavy atom. The molecule has 1 fully saturated rings. The molecule has 3 aliphatic rings. The fourth-order valence-corrected chi connectivity index (χ4v) is 4.59. The van der Waals surface area contributed by atoms with Crippen molar-refractivity contribution in [2.45, 2.75) is 51.4 Å². The third-order valence-corrected chi connectivity index (χ3v) is 5.78. The Kier molecular flexibility index (Phi) is 3.78. The van der Waals surface area contributed by atoms with E-state index in [-0.39, 0.29) is 18.2 Å². The van der Waals surface area contributed by atoms with Crippen LogP contribution in [0.25, 0.3) is 5.57 Å². The number of fused-ring (bicyclic) bond motifs is 5. The van der Waals surface area contributed by atoms with Crippen LogP contribution in [0.1, 0.15) is 48.6 Å². The van der Waals surface area contributed by atoms with Crippen molar-refractivity contribution in [1.29, 1.82) is 0 Å². The Hall–Kier alpha value is -2.36.